The molecule has 1 aromatic rings. The molecule has 1 amide bonds. The largest absolute Gasteiger partial charge is 0.351 e. The van der Waals surface area contributed by atoms with Crippen LogP contribution in [0.4, 0.5) is 0 Å². The molecule has 0 radical (unpaired) electrons. The molecular weight excluding hydrogens is 256 g/mol. The Labute approximate surface area is 118 Å². The van der Waals surface area contributed by atoms with Crippen LogP contribution in [0.25, 0.3) is 0 Å². The van der Waals surface area contributed by atoms with Gasteiger partial charge in [-0.2, -0.15) is 0 Å². The van der Waals surface area contributed by atoms with Crippen LogP contribution in [-0.2, 0) is 4.79 Å². The van der Waals surface area contributed by atoms with Crippen molar-refractivity contribution in [2.75, 3.05) is 11.6 Å². The maximum atomic E-state index is 12.2. The molecule has 2 aliphatic rings. The highest BCUT2D eigenvalue weighted by atomic mass is 32.2. The number of thioether (sulfide) groups is 1. The molecule has 2 fully saturated rings. The van der Waals surface area contributed by atoms with E-state index in [1.165, 1.54) is 18.4 Å². The molecule has 3 unspecified atom stereocenters. The number of benzene rings is 1. The fourth-order valence-electron chi connectivity index (χ4n) is 3.08. The molecule has 1 saturated heterocycles. The van der Waals surface area contributed by atoms with Crippen LogP contribution >= 0.6 is 11.8 Å². The lowest BCUT2D eigenvalue weighted by Gasteiger charge is -2.23. The highest BCUT2D eigenvalue weighted by molar-refractivity contribution is 7.99. The van der Waals surface area contributed by atoms with Gasteiger partial charge in [-0.1, -0.05) is 36.8 Å². The Hall–Kier alpha value is -1.00. The molecule has 0 bridgehead atoms. The van der Waals surface area contributed by atoms with Crippen LogP contribution in [0.5, 0.6) is 0 Å². The van der Waals surface area contributed by atoms with E-state index < -0.39 is 0 Å². The minimum Gasteiger partial charge on any atom is -0.351 e. The Morgan fingerprint density at radius 2 is 2.11 bits per heavy atom. The summed E-state index contributed by atoms with van der Waals surface area (Å²) < 4.78 is 0. The minimum atomic E-state index is 0.00187. The molecule has 1 saturated carbocycles. The maximum absolute atomic E-state index is 12.2. The zero-order chi connectivity index (χ0) is 13.1. The monoisotopic (exact) mass is 276 g/mol. The van der Waals surface area contributed by atoms with Crippen molar-refractivity contribution in [2.45, 2.75) is 37.3 Å². The van der Waals surface area contributed by atoms with Gasteiger partial charge in [0.1, 0.15) is 0 Å². The lowest BCUT2D eigenvalue weighted by atomic mass is 9.94. The Bertz CT molecular complexity index is 431. The average Bonchev–Trinajstić information content (AvgIpc) is 3.11. The molecule has 4 heteroatoms. The van der Waals surface area contributed by atoms with E-state index >= 15 is 0 Å². The number of carbonyl (C=O) groups is 1. The van der Waals surface area contributed by atoms with Gasteiger partial charge in [-0.25, -0.2) is 0 Å². The van der Waals surface area contributed by atoms with Crippen molar-refractivity contribution < 1.29 is 4.79 Å². The standard InChI is InChI=1S/C15H20N2OS/c18-15(14-9-19-10-16-14)17-13-8-4-7-12(13)11-5-2-1-3-6-11/h1-3,5-6,12-14,16H,4,7-10H2,(H,17,18). The third-order valence-corrected chi connectivity index (χ3v) is 5.04. The molecule has 3 nitrogen and oxygen atoms in total. The van der Waals surface area contributed by atoms with E-state index in [4.69, 9.17) is 0 Å². The predicted molar refractivity (Wildman–Crippen MR) is 79.2 cm³/mol. The third-order valence-electron chi connectivity index (χ3n) is 4.10. The first-order valence-electron chi connectivity index (χ1n) is 7.01. The quantitative estimate of drug-likeness (QED) is 0.888. The summed E-state index contributed by atoms with van der Waals surface area (Å²) in [5, 5.41) is 6.49. The van der Waals surface area contributed by atoms with Gasteiger partial charge >= 0.3 is 0 Å². The number of carbonyl (C=O) groups excluding carboxylic acids is 1. The van der Waals surface area contributed by atoms with E-state index in [2.05, 4.69) is 34.9 Å². The fraction of sp³-hybridized carbons (Fsp3) is 0.533. The summed E-state index contributed by atoms with van der Waals surface area (Å²) in [6.45, 7) is 0. The maximum Gasteiger partial charge on any atom is 0.238 e. The molecule has 0 spiro atoms. The van der Waals surface area contributed by atoms with Crippen molar-refractivity contribution in [3.05, 3.63) is 35.9 Å². The van der Waals surface area contributed by atoms with E-state index in [-0.39, 0.29) is 11.9 Å². The molecule has 1 aliphatic heterocycles. The van der Waals surface area contributed by atoms with Gasteiger partial charge in [0.05, 0.1) is 6.04 Å². The second-order valence-corrected chi connectivity index (χ2v) is 6.37. The van der Waals surface area contributed by atoms with Gasteiger partial charge in [0, 0.05) is 23.6 Å². The van der Waals surface area contributed by atoms with Gasteiger partial charge in [0.2, 0.25) is 5.91 Å². The first kappa shape index (κ1) is 13.0. The van der Waals surface area contributed by atoms with Crippen molar-refractivity contribution in [3.8, 4) is 0 Å². The van der Waals surface area contributed by atoms with Crippen molar-refractivity contribution in [1.29, 1.82) is 0 Å². The molecule has 1 heterocycles. The molecule has 3 atom stereocenters. The SMILES string of the molecule is O=C(NC1CCCC1c1ccccc1)C1CSCN1. The fourth-order valence-corrected chi connectivity index (χ4v) is 4.02. The van der Waals surface area contributed by atoms with E-state index in [0.29, 0.717) is 12.0 Å². The number of amides is 1. The molecule has 3 rings (SSSR count). The van der Waals surface area contributed by atoms with Crippen LogP contribution < -0.4 is 10.6 Å². The lowest BCUT2D eigenvalue weighted by molar-refractivity contribution is -0.123. The summed E-state index contributed by atoms with van der Waals surface area (Å²) in [6, 6.07) is 10.9. The normalized spacial score (nSPS) is 30.4. The third kappa shape index (κ3) is 2.95. The highest BCUT2D eigenvalue weighted by Gasteiger charge is 2.32. The highest BCUT2D eigenvalue weighted by Crippen LogP contribution is 2.34. The van der Waals surface area contributed by atoms with Gasteiger partial charge in [-0.15, -0.1) is 11.8 Å². The van der Waals surface area contributed by atoms with Crippen LogP contribution in [0.15, 0.2) is 30.3 Å². The van der Waals surface area contributed by atoms with Crippen LogP contribution in [-0.4, -0.2) is 29.6 Å². The summed E-state index contributed by atoms with van der Waals surface area (Å²) in [4.78, 5) is 12.2. The number of rotatable bonds is 3. The van der Waals surface area contributed by atoms with E-state index in [1.54, 1.807) is 11.8 Å². The number of hydrogen-bond donors (Lipinski definition) is 2. The Kier molecular flexibility index (Phi) is 4.09. The van der Waals surface area contributed by atoms with Gasteiger partial charge in [0.15, 0.2) is 0 Å². The summed E-state index contributed by atoms with van der Waals surface area (Å²) >= 11 is 1.79. The minimum absolute atomic E-state index is 0.00187. The van der Waals surface area contributed by atoms with Crippen LogP contribution in [0.3, 0.4) is 0 Å². The van der Waals surface area contributed by atoms with Crippen molar-refractivity contribution in [3.63, 3.8) is 0 Å². The molecule has 1 aliphatic carbocycles. The molecule has 102 valence electrons. The first-order valence-corrected chi connectivity index (χ1v) is 8.16. The summed E-state index contributed by atoms with van der Waals surface area (Å²) in [7, 11) is 0. The van der Waals surface area contributed by atoms with Crippen LogP contribution in [0.2, 0.25) is 0 Å². The smallest absolute Gasteiger partial charge is 0.238 e. The van der Waals surface area contributed by atoms with E-state index in [1.807, 2.05) is 6.07 Å². The Morgan fingerprint density at radius 3 is 2.84 bits per heavy atom. The Morgan fingerprint density at radius 1 is 1.26 bits per heavy atom. The molecule has 0 aromatic heterocycles. The topological polar surface area (TPSA) is 41.1 Å². The molecule has 2 N–H and O–H groups in total. The Balaban J connectivity index is 1.65. The second-order valence-electron chi connectivity index (χ2n) is 5.34. The van der Waals surface area contributed by atoms with Crippen molar-refractivity contribution >= 4 is 17.7 Å². The molecular formula is C15H20N2OS. The van der Waals surface area contributed by atoms with Gasteiger partial charge in [-0.3, -0.25) is 10.1 Å². The summed E-state index contributed by atoms with van der Waals surface area (Å²) in [5.41, 5.74) is 1.36. The van der Waals surface area contributed by atoms with Gasteiger partial charge in [0.25, 0.3) is 0 Å². The first-order chi connectivity index (χ1) is 9.34. The zero-order valence-electron chi connectivity index (χ0n) is 11.0. The second kappa shape index (κ2) is 5.97. The summed E-state index contributed by atoms with van der Waals surface area (Å²) in [6.07, 6.45) is 3.49. The molecule has 1 aromatic carbocycles. The predicted octanol–water partition coefficient (Wildman–Crippen LogP) is 2.10. The average molecular weight is 276 g/mol. The van der Waals surface area contributed by atoms with Crippen molar-refractivity contribution in [1.82, 2.24) is 10.6 Å². The zero-order valence-corrected chi connectivity index (χ0v) is 11.8. The van der Waals surface area contributed by atoms with E-state index in [0.717, 1.165) is 18.1 Å². The molecule has 19 heavy (non-hydrogen) atoms. The van der Waals surface area contributed by atoms with Gasteiger partial charge < -0.3 is 5.32 Å². The van der Waals surface area contributed by atoms with Crippen molar-refractivity contribution in [2.24, 2.45) is 0 Å². The van der Waals surface area contributed by atoms with Gasteiger partial charge in [-0.05, 0) is 18.4 Å². The number of hydrogen-bond acceptors (Lipinski definition) is 3. The van der Waals surface area contributed by atoms with Crippen LogP contribution in [0, 0.1) is 0 Å². The van der Waals surface area contributed by atoms with E-state index in [9.17, 15) is 4.79 Å². The lowest BCUT2D eigenvalue weighted by Crippen LogP contribution is -2.47. The van der Waals surface area contributed by atoms with Crippen LogP contribution in [0.1, 0.15) is 30.7 Å². The number of nitrogens with one attached hydrogen (secondary N) is 2. The summed E-state index contributed by atoms with van der Waals surface area (Å²) in [5.74, 6) is 2.46.